The highest BCUT2D eigenvalue weighted by molar-refractivity contribution is 5.79. The lowest BCUT2D eigenvalue weighted by Gasteiger charge is -2.15. The number of imidazole rings is 1. The molecule has 5 aromatic rings. The van der Waals surface area contributed by atoms with Crippen LogP contribution in [0.1, 0.15) is 25.0 Å². The lowest BCUT2D eigenvalue weighted by molar-refractivity contribution is 0.797. The SMILES string of the molecule is CC(C)Nc1cc(-n2ncc3cc(C#N)cnc32)ncc1-c1cn(Cc2ccccc2)cn1. The zero-order valence-corrected chi connectivity index (χ0v) is 18.3. The van der Waals surface area contributed by atoms with Crippen molar-refractivity contribution in [2.75, 3.05) is 5.32 Å². The minimum atomic E-state index is 0.219. The first-order valence-electron chi connectivity index (χ1n) is 10.7. The van der Waals surface area contributed by atoms with E-state index in [-0.39, 0.29) is 6.04 Å². The van der Waals surface area contributed by atoms with Crippen LogP contribution in [0.4, 0.5) is 5.69 Å². The molecule has 0 amide bonds. The third-order valence-electron chi connectivity index (χ3n) is 5.21. The molecular formula is C25H22N8. The van der Waals surface area contributed by atoms with Crippen LogP contribution in [0.5, 0.6) is 0 Å². The van der Waals surface area contributed by atoms with Gasteiger partial charge < -0.3 is 9.88 Å². The molecule has 0 aliphatic heterocycles. The van der Waals surface area contributed by atoms with Crippen LogP contribution in [-0.4, -0.2) is 35.3 Å². The van der Waals surface area contributed by atoms with E-state index in [4.69, 9.17) is 5.26 Å². The highest BCUT2D eigenvalue weighted by atomic mass is 15.3. The molecule has 162 valence electrons. The van der Waals surface area contributed by atoms with E-state index in [1.54, 1.807) is 23.1 Å². The van der Waals surface area contributed by atoms with Gasteiger partial charge in [-0.15, -0.1) is 0 Å². The summed E-state index contributed by atoms with van der Waals surface area (Å²) in [5, 5.41) is 17.9. The fourth-order valence-electron chi connectivity index (χ4n) is 3.72. The van der Waals surface area contributed by atoms with E-state index in [1.807, 2.05) is 43.0 Å². The number of nitriles is 1. The minimum Gasteiger partial charge on any atom is -0.382 e. The van der Waals surface area contributed by atoms with E-state index in [9.17, 15) is 0 Å². The molecule has 0 radical (unpaired) electrons. The van der Waals surface area contributed by atoms with Crippen LogP contribution in [0.3, 0.4) is 0 Å². The number of nitrogens with one attached hydrogen (secondary N) is 1. The Kier molecular flexibility index (Phi) is 5.29. The van der Waals surface area contributed by atoms with Crippen molar-refractivity contribution in [3.63, 3.8) is 0 Å². The Hall–Kier alpha value is -4.51. The van der Waals surface area contributed by atoms with Crippen LogP contribution in [0, 0.1) is 11.3 Å². The number of rotatable bonds is 6. The van der Waals surface area contributed by atoms with Crippen LogP contribution >= 0.6 is 0 Å². The Balaban J connectivity index is 1.52. The van der Waals surface area contributed by atoms with Crippen molar-refractivity contribution >= 4 is 16.7 Å². The lowest BCUT2D eigenvalue weighted by atomic mass is 10.1. The molecule has 0 spiro atoms. The first-order valence-corrected chi connectivity index (χ1v) is 10.7. The molecule has 0 saturated heterocycles. The van der Waals surface area contributed by atoms with Gasteiger partial charge in [0.25, 0.3) is 0 Å². The highest BCUT2D eigenvalue weighted by Gasteiger charge is 2.15. The van der Waals surface area contributed by atoms with Crippen LogP contribution in [0.2, 0.25) is 0 Å². The molecule has 0 atom stereocenters. The molecule has 4 heterocycles. The van der Waals surface area contributed by atoms with E-state index < -0.39 is 0 Å². The first kappa shape index (κ1) is 20.4. The zero-order valence-electron chi connectivity index (χ0n) is 18.3. The first-order chi connectivity index (χ1) is 16.1. The summed E-state index contributed by atoms with van der Waals surface area (Å²) < 4.78 is 3.75. The topological polar surface area (TPSA) is 97.2 Å². The lowest BCUT2D eigenvalue weighted by Crippen LogP contribution is -2.12. The predicted molar refractivity (Wildman–Crippen MR) is 127 cm³/mol. The largest absolute Gasteiger partial charge is 0.382 e. The number of anilines is 1. The molecule has 0 fully saturated rings. The number of aromatic nitrogens is 6. The van der Waals surface area contributed by atoms with Gasteiger partial charge >= 0.3 is 0 Å². The quantitative estimate of drug-likeness (QED) is 0.425. The monoisotopic (exact) mass is 434 g/mol. The van der Waals surface area contributed by atoms with Crippen LogP contribution in [-0.2, 0) is 6.54 Å². The summed E-state index contributed by atoms with van der Waals surface area (Å²) in [4.78, 5) is 13.7. The van der Waals surface area contributed by atoms with Crippen molar-refractivity contribution in [2.24, 2.45) is 0 Å². The van der Waals surface area contributed by atoms with E-state index in [1.165, 1.54) is 5.56 Å². The molecule has 0 aliphatic rings. The Morgan fingerprint density at radius 3 is 2.67 bits per heavy atom. The molecule has 0 unspecified atom stereocenters. The fraction of sp³-hybridized carbons (Fsp3) is 0.160. The normalized spacial score (nSPS) is 11.1. The maximum Gasteiger partial charge on any atom is 0.164 e. The summed E-state index contributed by atoms with van der Waals surface area (Å²) in [6.07, 6.45) is 8.92. The minimum absolute atomic E-state index is 0.219. The summed E-state index contributed by atoms with van der Waals surface area (Å²) in [6, 6.07) is 16.3. The summed E-state index contributed by atoms with van der Waals surface area (Å²) in [7, 11) is 0. The van der Waals surface area contributed by atoms with Gasteiger partial charge in [-0.05, 0) is 25.5 Å². The average molecular weight is 435 g/mol. The van der Waals surface area contributed by atoms with Gasteiger partial charge in [0.1, 0.15) is 6.07 Å². The zero-order chi connectivity index (χ0) is 22.8. The van der Waals surface area contributed by atoms with Gasteiger partial charge in [-0.2, -0.15) is 15.0 Å². The standard InChI is InChI=1S/C25H22N8/c1-17(2)31-22-9-24(33-25-20(12-30-33)8-19(10-26)11-28-25)27-13-21(22)23-15-32(16-29-23)14-18-6-4-3-5-7-18/h3-9,11-13,15-17H,14H2,1-2H3,(H,27,31). The maximum absolute atomic E-state index is 9.12. The number of fused-ring (bicyclic) bond motifs is 1. The Morgan fingerprint density at radius 2 is 1.88 bits per heavy atom. The smallest absolute Gasteiger partial charge is 0.164 e. The fourth-order valence-corrected chi connectivity index (χ4v) is 3.72. The maximum atomic E-state index is 9.12. The van der Waals surface area contributed by atoms with Crippen molar-refractivity contribution in [1.29, 1.82) is 5.26 Å². The summed E-state index contributed by atoms with van der Waals surface area (Å²) in [5.41, 5.74) is 5.03. The molecular weight excluding hydrogens is 412 g/mol. The highest BCUT2D eigenvalue weighted by Crippen LogP contribution is 2.29. The van der Waals surface area contributed by atoms with Crippen molar-refractivity contribution in [3.05, 3.63) is 84.7 Å². The summed E-state index contributed by atoms with van der Waals surface area (Å²) in [6.45, 7) is 4.93. The Bertz CT molecular complexity index is 1460. The van der Waals surface area contributed by atoms with Crippen molar-refractivity contribution < 1.29 is 0 Å². The van der Waals surface area contributed by atoms with Gasteiger partial charge in [0, 0.05) is 53.9 Å². The van der Waals surface area contributed by atoms with Crippen molar-refractivity contribution in [3.8, 4) is 23.1 Å². The van der Waals surface area contributed by atoms with Gasteiger partial charge in [-0.3, -0.25) is 0 Å². The number of hydrogen-bond acceptors (Lipinski definition) is 6. The third-order valence-corrected chi connectivity index (χ3v) is 5.21. The molecule has 8 nitrogen and oxygen atoms in total. The summed E-state index contributed by atoms with van der Waals surface area (Å²) >= 11 is 0. The average Bonchev–Trinajstić information content (AvgIpc) is 3.46. The molecule has 0 aliphatic carbocycles. The number of nitrogens with zero attached hydrogens (tertiary/aromatic N) is 7. The third kappa shape index (κ3) is 4.16. The molecule has 5 rings (SSSR count). The van der Waals surface area contributed by atoms with Gasteiger partial charge in [0.15, 0.2) is 11.5 Å². The molecule has 1 N–H and O–H groups in total. The Morgan fingerprint density at radius 1 is 1.03 bits per heavy atom. The predicted octanol–water partition coefficient (Wildman–Crippen LogP) is 4.42. The summed E-state index contributed by atoms with van der Waals surface area (Å²) in [5.74, 6) is 0.637. The van der Waals surface area contributed by atoms with Gasteiger partial charge in [0.05, 0.1) is 23.8 Å². The van der Waals surface area contributed by atoms with Gasteiger partial charge in [0.2, 0.25) is 0 Å². The van der Waals surface area contributed by atoms with Crippen molar-refractivity contribution in [2.45, 2.75) is 26.4 Å². The molecule has 0 bridgehead atoms. The van der Waals surface area contributed by atoms with E-state index in [2.05, 4.69) is 62.0 Å². The van der Waals surface area contributed by atoms with E-state index in [0.29, 0.717) is 17.0 Å². The molecule has 0 saturated carbocycles. The molecule has 4 aromatic heterocycles. The van der Waals surface area contributed by atoms with Gasteiger partial charge in [-0.25, -0.2) is 15.0 Å². The second-order valence-corrected chi connectivity index (χ2v) is 8.11. The Labute approximate surface area is 191 Å². The number of hydrogen-bond donors (Lipinski definition) is 1. The van der Waals surface area contributed by atoms with E-state index in [0.717, 1.165) is 28.9 Å². The number of benzene rings is 1. The molecule has 33 heavy (non-hydrogen) atoms. The van der Waals surface area contributed by atoms with E-state index >= 15 is 0 Å². The van der Waals surface area contributed by atoms with Crippen LogP contribution in [0.15, 0.2) is 73.6 Å². The van der Waals surface area contributed by atoms with Crippen LogP contribution in [0.25, 0.3) is 28.1 Å². The molecule has 8 heteroatoms. The van der Waals surface area contributed by atoms with Crippen molar-refractivity contribution in [1.82, 2.24) is 29.3 Å². The second kappa shape index (κ2) is 8.55. The second-order valence-electron chi connectivity index (χ2n) is 8.11. The molecule has 1 aromatic carbocycles. The van der Waals surface area contributed by atoms with Gasteiger partial charge in [-0.1, -0.05) is 30.3 Å². The van der Waals surface area contributed by atoms with Crippen LogP contribution < -0.4 is 5.32 Å². The number of pyridine rings is 2.